The Morgan fingerprint density at radius 3 is 2.77 bits per heavy atom. The highest BCUT2D eigenvalue weighted by Crippen LogP contribution is 2.26. The average molecular weight is 410 g/mol. The first-order chi connectivity index (χ1) is 10.3. The third kappa shape index (κ3) is 4.03. The molecule has 2 aromatic heterocycles. The summed E-state index contributed by atoms with van der Waals surface area (Å²) in [5, 5.41) is 4.29. The molecule has 0 aliphatic carbocycles. The molecule has 0 saturated heterocycles. The molecule has 0 radical (unpaired) electrons. The molecule has 22 heavy (non-hydrogen) atoms. The number of hydrogen-bond acceptors (Lipinski definition) is 6. The first kappa shape index (κ1) is 17.3. The smallest absolute Gasteiger partial charge is 0.248 e. The Hall–Kier alpha value is -1.03. The molecule has 0 N–H and O–H groups in total. The predicted octanol–water partition coefficient (Wildman–Crippen LogP) is 2.54. The molecule has 10 heteroatoms. The number of nitrogens with zero attached hydrogens (tertiary/aromatic N) is 4. The fraction of sp³-hybridized carbons (Fsp3) is 0.417. The van der Waals surface area contributed by atoms with Gasteiger partial charge in [0.15, 0.2) is 0 Å². The maximum atomic E-state index is 11.8. The van der Waals surface area contributed by atoms with Crippen molar-refractivity contribution in [2.24, 2.45) is 0 Å². The van der Waals surface area contributed by atoms with Gasteiger partial charge in [-0.05, 0) is 28.4 Å². The third-order valence-electron chi connectivity index (χ3n) is 2.55. The topological polar surface area (TPSA) is 87.0 Å². The molecule has 0 spiro atoms. The van der Waals surface area contributed by atoms with Crippen LogP contribution < -0.4 is 0 Å². The van der Waals surface area contributed by atoms with E-state index in [4.69, 9.17) is 16.3 Å². The normalized spacial score (nSPS) is 11.8. The Kier molecular flexibility index (Phi) is 5.54. The van der Waals surface area contributed by atoms with Crippen molar-refractivity contribution in [3.63, 3.8) is 0 Å². The lowest BCUT2D eigenvalue weighted by molar-refractivity contribution is 0.0627. The minimum absolute atomic E-state index is 0.00259. The third-order valence-corrected chi connectivity index (χ3v) is 4.24. The summed E-state index contributed by atoms with van der Waals surface area (Å²) in [6, 6.07) is 1.64. The molecular weight excluding hydrogens is 396 g/mol. The van der Waals surface area contributed by atoms with Gasteiger partial charge in [-0.1, -0.05) is 18.5 Å². The number of pyridine rings is 1. The van der Waals surface area contributed by atoms with Gasteiger partial charge in [-0.2, -0.15) is 4.98 Å². The molecule has 0 atom stereocenters. The van der Waals surface area contributed by atoms with Gasteiger partial charge in [-0.15, -0.1) is 5.10 Å². The summed E-state index contributed by atoms with van der Waals surface area (Å²) >= 11 is 9.36. The summed E-state index contributed by atoms with van der Waals surface area (Å²) in [6.45, 7) is 2.45. The van der Waals surface area contributed by atoms with Crippen LogP contribution in [0, 0.1) is 0 Å². The number of rotatable bonds is 6. The molecule has 0 aliphatic heterocycles. The summed E-state index contributed by atoms with van der Waals surface area (Å²) in [5.74, 6) is 0.137. The van der Waals surface area contributed by atoms with Crippen LogP contribution in [0.2, 0.25) is 5.02 Å². The molecule has 0 unspecified atom stereocenters. The van der Waals surface area contributed by atoms with Gasteiger partial charge >= 0.3 is 0 Å². The Bertz CT molecular complexity index is 779. The largest absolute Gasteiger partial charge is 0.359 e. The summed E-state index contributed by atoms with van der Waals surface area (Å²) in [6.07, 6.45) is 3.42. The molecule has 7 nitrogen and oxygen atoms in total. The van der Waals surface area contributed by atoms with E-state index in [1.54, 1.807) is 6.07 Å². The van der Waals surface area contributed by atoms with Crippen LogP contribution in [0.25, 0.3) is 11.5 Å². The van der Waals surface area contributed by atoms with E-state index in [0.717, 1.165) is 12.7 Å². The van der Waals surface area contributed by atoms with Crippen LogP contribution in [-0.4, -0.2) is 41.0 Å². The second kappa shape index (κ2) is 7.03. The second-order valence-electron chi connectivity index (χ2n) is 4.51. The zero-order valence-electron chi connectivity index (χ0n) is 12.0. The highest BCUT2D eigenvalue weighted by Gasteiger charge is 2.22. The van der Waals surface area contributed by atoms with E-state index in [1.165, 1.54) is 10.9 Å². The number of halogens is 2. The van der Waals surface area contributed by atoms with Gasteiger partial charge in [0, 0.05) is 23.5 Å². The van der Waals surface area contributed by atoms with E-state index >= 15 is 0 Å². The second-order valence-corrected chi connectivity index (χ2v) is 7.74. The molecule has 0 aromatic carbocycles. The van der Waals surface area contributed by atoms with Crippen LogP contribution in [0.3, 0.4) is 0 Å². The monoisotopic (exact) mass is 408 g/mol. The van der Waals surface area contributed by atoms with Crippen LogP contribution in [0.15, 0.2) is 21.9 Å². The van der Waals surface area contributed by atoms with Crippen molar-refractivity contribution >= 4 is 37.4 Å². The van der Waals surface area contributed by atoms with Crippen molar-refractivity contribution in [2.45, 2.75) is 25.2 Å². The summed E-state index contributed by atoms with van der Waals surface area (Å²) in [7, 11) is -3.55. The summed E-state index contributed by atoms with van der Waals surface area (Å²) < 4.78 is 30.9. The van der Waals surface area contributed by atoms with Gasteiger partial charge in [0.2, 0.25) is 20.8 Å². The van der Waals surface area contributed by atoms with Gasteiger partial charge in [0.05, 0.1) is 5.02 Å². The van der Waals surface area contributed by atoms with Crippen LogP contribution >= 0.6 is 27.5 Å². The zero-order chi connectivity index (χ0) is 16.3. The average Bonchev–Trinajstić information content (AvgIpc) is 2.83. The van der Waals surface area contributed by atoms with Crippen molar-refractivity contribution in [2.75, 3.05) is 12.9 Å². The molecule has 120 valence electrons. The maximum absolute atomic E-state index is 11.8. The Morgan fingerprint density at radius 1 is 1.45 bits per heavy atom. The number of sulfone groups is 1. The van der Waals surface area contributed by atoms with Crippen molar-refractivity contribution in [3.05, 3.63) is 21.8 Å². The highest BCUT2D eigenvalue weighted by atomic mass is 79.9. The molecule has 0 aliphatic rings. The first-order valence-electron chi connectivity index (χ1n) is 6.37. The molecule has 2 heterocycles. The van der Waals surface area contributed by atoms with Crippen LogP contribution in [-0.2, 0) is 21.3 Å². The minimum atomic E-state index is -3.55. The molecular formula is C12H14BrClN4O3S. The molecule has 0 fully saturated rings. The first-order valence-corrected chi connectivity index (χ1v) is 9.43. The van der Waals surface area contributed by atoms with E-state index in [-0.39, 0.29) is 17.7 Å². The Labute approximate surface area is 141 Å². The Balaban J connectivity index is 2.45. The number of hydrogen-bond donors (Lipinski definition) is 0. The lowest BCUT2D eigenvalue weighted by Gasteiger charge is -2.04. The van der Waals surface area contributed by atoms with Gasteiger partial charge in [-0.25, -0.2) is 13.1 Å². The predicted molar refractivity (Wildman–Crippen MR) is 85.3 cm³/mol. The van der Waals surface area contributed by atoms with E-state index in [9.17, 15) is 8.42 Å². The fourth-order valence-electron chi connectivity index (χ4n) is 1.66. The van der Waals surface area contributed by atoms with Crippen LogP contribution in [0.4, 0.5) is 0 Å². The summed E-state index contributed by atoms with van der Waals surface area (Å²) in [5.41, 5.74) is 0.309. The standard InChI is InChI=1S/C12H14BrClN4O3S/c1-3-4-21-7-18-12(22(2,19)20)16-11(17-18)10-9(14)5-8(13)6-15-10/h5-6H,3-4,7H2,1-2H3. The molecule has 0 saturated carbocycles. The maximum Gasteiger partial charge on any atom is 0.248 e. The highest BCUT2D eigenvalue weighted by molar-refractivity contribution is 9.10. The zero-order valence-corrected chi connectivity index (χ0v) is 15.1. The van der Waals surface area contributed by atoms with Crippen molar-refractivity contribution in [1.82, 2.24) is 19.7 Å². The lowest BCUT2D eigenvalue weighted by atomic mass is 10.3. The van der Waals surface area contributed by atoms with E-state index < -0.39 is 9.84 Å². The van der Waals surface area contributed by atoms with E-state index in [2.05, 4.69) is 31.0 Å². The van der Waals surface area contributed by atoms with Crippen molar-refractivity contribution in [3.8, 4) is 11.5 Å². The van der Waals surface area contributed by atoms with Crippen LogP contribution in [0.1, 0.15) is 13.3 Å². The molecule has 2 rings (SSSR count). The van der Waals surface area contributed by atoms with Crippen molar-refractivity contribution < 1.29 is 13.2 Å². The molecule has 0 amide bonds. The van der Waals surface area contributed by atoms with Gasteiger partial charge < -0.3 is 4.74 Å². The molecule has 2 aromatic rings. The van der Waals surface area contributed by atoms with Crippen LogP contribution in [0.5, 0.6) is 0 Å². The van der Waals surface area contributed by atoms with Gasteiger partial charge in [0.1, 0.15) is 12.4 Å². The van der Waals surface area contributed by atoms with Gasteiger partial charge in [0.25, 0.3) is 0 Å². The van der Waals surface area contributed by atoms with Gasteiger partial charge in [-0.3, -0.25) is 4.98 Å². The number of aromatic nitrogens is 4. The molecule has 0 bridgehead atoms. The Morgan fingerprint density at radius 2 is 2.18 bits per heavy atom. The summed E-state index contributed by atoms with van der Waals surface area (Å²) in [4.78, 5) is 8.17. The van der Waals surface area contributed by atoms with E-state index in [0.29, 0.717) is 21.8 Å². The lowest BCUT2D eigenvalue weighted by Crippen LogP contribution is -2.13. The quantitative estimate of drug-likeness (QED) is 0.681. The minimum Gasteiger partial charge on any atom is -0.359 e. The van der Waals surface area contributed by atoms with Crippen molar-refractivity contribution in [1.29, 1.82) is 0 Å². The SMILES string of the molecule is CCCOCn1nc(-c2ncc(Br)cc2Cl)nc1S(C)(=O)=O. The van der Waals surface area contributed by atoms with E-state index in [1.807, 2.05) is 6.92 Å². The number of ether oxygens (including phenoxy) is 1. The fourth-order valence-corrected chi connectivity index (χ4v) is 3.10.